The molecule has 0 aliphatic carbocycles. The van der Waals surface area contributed by atoms with E-state index in [1.54, 1.807) is 0 Å². The molecular weight excluding hydrogens is 1150 g/mol. The second-order valence-corrected chi connectivity index (χ2v) is 20.6. The molecule has 3 heterocycles. The molecule has 0 spiro atoms. The number of halogens is 2. The van der Waals surface area contributed by atoms with Crippen LogP contribution in [0, 0.1) is 0 Å². The maximum Gasteiger partial charge on any atom is 0.330 e. The summed E-state index contributed by atoms with van der Waals surface area (Å²) in [4.78, 5) is 69.7. The molecule has 0 saturated carbocycles. The summed E-state index contributed by atoms with van der Waals surface area (Å²) in [6.07, 6.45) is -2.17. The quantitative estimate of drug-likeness (QED) is 0.0748. The highest BCUT2D eigenvalue weighted by atomic mass is 35.5. The first-order chi connectivity index (χ1) is 40.4. The Morgan fingerprint density at radius 1 is 0.647 bits per heavy atom. The average Bonchev–Trinajstić information content (AvgIpc) is 3.52. The van der Waals surface area contributed by atoms with Crippen molar-refractivity contribution in [2.24, 2.45) is 17.2 Å². The molecule has 0 saturated heterocycles. The van der Waals surface area contributed by atoms with Gasteiger partial charge in [0.25, 0.3) is 0 Å². The fraction of sp³-hybridized carbons (Fsp3) is 0.190. The lowest BCUT2D eigenvalue weighted by Gasteiger charge is -2.30. The Morgan fingerprint density at radius 3 is 2.08 bits per heavy atom. The highest BCUT2D eigenvalue weighted by Gasteiger charge is 2.39. The Bertz CT molecular complexity index is 3820. The number of nitrogens with two attached hydrogens (primary N) is 3. The van der Waals surface area contributed by atoms with Crippen LogP contribution in [0.15, 0.2) is 115 Å². The van der Waals surface area contributed by atoms with Crippen LogP contribution in [0.5, 0.6) is 69.0 Å². The monoisotopic (exact) mass is 1210 g/mol. The van der Waals surface area contributed by atoms with Crippen LogP contribution in [0.1, 0.15) is 75.3 Å². The summed E-state index contributed by atoms with van der Waals surface area (Å²) in [5.74, 6) is -10.5. The number of fused-ring (bicyclic) bond motifs is 8. The summed E-state index contributed by atoms with van der Waals surface area (Å²) >= 11 is 13.4. The molecule has 8 atom stereocenters. The van der Waals surface area contributed by atoms with E-state index in [2.05, 4.69) is 21.3 Å². The second-order valence-electron chi connectivity index (χ2n) is 19.8. The van der Waals surface area contributed by atoms with Gasteiger partial charge in [0.2, 0.25) is 29.4 Å². The molecule has 4 amide bonds. The molecule has 0 radical (unpaired) electrons. The fourth-order valence-electron chi connectivity index (χ4n) is 9.51. The number of carboxylic acid groups (broad SMARTS) is 1. The number of phenols is 6. The van der Waals surface area contributed by atoms with Gasteiger partial charge in [0.05, 0.1) is 41.4 Å². The third-order valence-electron chi connectivity index (χ3n) is 13.9. The van der Waals surface area contributed by atoms with Crippen LogP contribution in [0.4, 0.5) is 0 Å². The minimum atomic E-state index is -2.10. The number of ether oxygens (including phenoxy) is 3. The zero-order chi connectivity index (χ0) is 61.3. The van der Waals surface area contributed by atoms with Crippen LogP contribution in [0.3, 0.4) is 0 Å². The van der Waals surface area contributed by atoms with E-state index in [4.69, 9.17) is 54.6 Å². The van der Waals surface area contributed by atoms with Crippen molar-refractivity contribution in [3.05, 3.63) is 164 Å². The Balaban J connectivity index is 1.00. The van der Waals surface area contributed by atoms with Gasteiger partial charge in [-0.05, 0) is 119 Å². The summed E-state index contributed by atoms with van der Waals surface area (Å²) < 4.78 is 18.0. The number of rotatable bonds is 13. The number of aliphatic hydroxyl groups excluding tert-OH is 3. The summed E-state index contributed by atoms with van der Waals surface area (Å²) in [5.41, 5.74) is 18.4. The van der Waals surface area contributed by atoms with Crippen molar-refractivity contribution < 1.29 is 89.2 Å². The molecule has 7 aromatic carbocycles. The van der Waals surface area contributed by atoms with Gasteiger partial charge in [-0.1, -0.05) is 47.5 Å². The molecule has 7 aromatic rings. The number of aromatic hydroxyl groups is 6. The number of carboxylic acids is 1. The largest absolute Gasteiger partial charge is 0.508 e. The minimum Gasteiger partial charge on any atom is -0.508 e. The standard InChI is InChI=1S/C58H53Cl2N7O18/c59-34-9-23(10-36(61)54(77)64-38(22-69)27-11-29(70)18-31(12-27)83-44-15-24(37(62)21-68)2-6-40(44)73)1-7-42(34)84-45-16-28-17-46(53(45)76)85-43-8-4-26(14-35(43)60)52(75)51-57(80)66-50(58(81)82)33-19-30(71)20-41(74)47(33)32-13-25(3-5-39(32)72)49(56(79)67-51)65-55(78)48(28)63/h1-9,11-20,36-38,48-52,68-76H,10,21-22,61-63H2,(H,64,77)(H,65,78)(H,66,80)(H,67,79)(H,81,82)/t36-,37+,38-,48-,49-,50+,51+,52-/m1/s1. The van der Waals surface area contributed by atoms with Crippen molar-refractivity contribution in [3.8, 4) is 80.1 Å². The van der Waals surface area contributed by atoms with E-state index >= 15 is 0 Å². The van der Waals surface area contributed by atoms with E-state index in [9.17, 15) is 75.0 Å². The predicted molar refractivity (Wildman–Crippen MR) is 301 cm³/mol. The number of carbonyl (C=O) groups is 5. The van der Waals surface area contributed by atoms with Crippen molar-refractivity contribution in [1.29, 1.82) is 0 Å². The van der Waals surface area contributed by atoms with Crippen LogP contribution in [-0.2, 0) is 30.4 Å². The average molecular weight is 1210 g/mol. The van der Waals surface area contributed by atoms with Gasteiger partial charge in [-0.15, -0.1) is 0 Å². The molecule has 3 aliphatic rings. The zero-order valence-corrected chi connectivity index (χ0v) is 45.4. The van der Waals surface area contributed by atoms with E-state index in [0.29, 0.717) is 11.1 Å². The zero-order valence-electron chi connectivity index (χ0n) is 43.9. The predicted octanol–water partition coefficient (Wildman–Crippen LogP) is 4.63. The van der Waals surface area contributed by atoms with E-state index in [1.807, 2.05) is 0 Å². The van der Waals surface area contributed by atoms with Gasteiger partial charge in [-0.2, -0.15) is 0 Å². The molecule has 442 valence electrons. The van der Waals surface area contributed by atoms with Crippen LogP contribution in [0.2, 0.25) is 10.0 Å². The Labute approximate surface area is 491 Å². The molecule has 3 aliphatic heterocycles. The van der Waals surface area contributed by atoms with Gasteiger partial charge in [0, 0.05) is 28.8 Å². The molecule has 27 heteroatoms. The number of hydrogen-bond donors (Lipinski definition) is 17. The van der Waals surface area contributed by atoms with Crippen molar-refractivity contribution >= 4 is 52.8 Å². The van der Waals surface area contributed by atoms with Gasteiger partial charge in [-0.3, -0.25) is 19.2 Å². The van der Waals surface area contributed by atoms with E-state index < -0.39 is 130 Å². The molecule has 8 bridgehead atoms. The summed E-state index contributed by atoms with van der Waals surface area (Å²) in [5, 5.41) is 117. The van der Waals surface area contributed by atoms with Crippen molar-refractivity contribution in [2.45, 2.75) is 54.8 Å². The lowest BCUT2D eigenvalue weighted by Crippen LogP contribution is -2.54. The van der Waals surface area contributed by atoms with E-state index in [0.717, 1.165) is 36.4 Å². The number of hydrogen-bond acceptors (Lipinski definition) is 20. The normalized spacial score (nSPS) is 18.6. The number of benzene rings is 7. The SMILES string of the molecule is N[C@H](Cc1ccc(Oc2cc3cc(c2O)Oc2ccc(cc2Cl)[C@@H](O)[C@@H]2NC(=O)[C@H](NC(=O)[C@@H]3N)c3ccc(O)c(c3)-c3c(O)cc(O)cc3[C@@H](C(=O)O)NC2=O)c(Cl)c1)C(=O)N[C@H](CO)c1cc(O)cc(Oc2cc([C@@H](N)CO)ccc2O)c1. The Hall–Kier alpha value is -9.57. The van der Waals surface area contributed by atoms with Gasteiger partial charge in [0.15, 0.2) is 29.0 Å². The first-order valence-corrected chi connectivity index (χ1v) is 26.3. The first-order valence-electron chi connectivity index (χ1n) is 25.6. The Morgan fingerprint density at radius 2 is 1.38 bits per heavy atom. The molecule has 0 unspecified atom stereocenters. The molecule has 85 heavy (non-hydrogen) atoms. The highest BCUT2D eigenvalue weighted by Crippen LogP contribution is 2.47. The fourth-order valence-corrected chi connectivity index (χ4v) is 9.98. The van der Waals surface area contributed by atoms with Crippen LogP contribution < -0.4 is 52.7 Å². The number of phenolic OH excluding ortho intramolecular Hbond substituents is 6. The molecule has 20 N–H and O–H groups in total. The third-order valence-corrected chi connectivity index (χ3v) is 14.5. The van der Waals surface area contributed by atoms with E-state index in [-0.39, 0.29) is 85.4 Å². The molecule has 10 rings (SSSR count). The van der Waals surface area contributed by atoms with Crippen molar-refractivity contribution in [1.82, 2.24) is 21.3 Å². The van der Waals surface area contributed by atoms with Crippen molar-refractivity contribution in [3.63, 3.8) is 0 Å². The molecular formula is C58H53Cl2N7O18. The highest BCUT2D eigenvalue weighted by molar-refractivity contribution is 6.32. The maximum atomic E-state index is 14.6. The third kappa shape index (κ3) is 12.8. The van der Waals surface area contributed by atoms with Gasteiger partial charge < -0.3 is 104 Å². The molecule has 0 fully saturated rings. The molecule has 25 nitrogen and oxygen atoms in total. The maximum absolute atomic E-state index is 14.6. The van der Waals surface area contributed by atoms with Crippen LogP contribution in [-0.4, -0.2) is 106 Å². The lowest BCUT2D eigenvalue weighted by atomic mass is 9.89. The second kappa shape index (κ2) is 24.7. The summed E-state index contributed by atoms with van der Waals surface area (Å²) in [6.45, 7) is -1.03. The van der Waals surface area contributed by atoms with Crippen LogP contribution >= 0.6 is 23.2 Å². The van der Waals surface area contributed by atoms with Gasteiger partial charge >= 0.3 is 5.97 Å². The van der Waals surface area contributed by atoms with Gasteiger partial charge in [0.1, 0.15) is 64.5 Å². The topological polar surface area (TPSA) is 442 Å². The van der Waals surface area contributed by atoms with Crippen LogP contribution in [0.25, 0.3) is 11.1 Å². The number of carbonyl (C=O) groups excluding carboxylic acids is 4. The number of aliphatic carboxylic acids is 1. The van der Waals surface area contributed by atoms with E-state index in [1.165, 1.54) is 78.9 Å². The minimum absolute atomic E-state index is 0.0111. The molecule has 0 aromatic heterocycles. The first kappa shape index (κ1) is 60.0. The number of nitrogens with one attached hydrogen (secondary N) is 4. The van der Waals surface area contributed by atoms with Gasteiger partial charge in [-0.25, -0.2) is 4.79 Å². The Kier molecular flexibility index (Phi) is 17.5. The number of aliphatic hydroxyl groups is 3. The lowest BCUT2D eigenvalue weighted by molar-refractivity contribution is -0.143. The van der Waals surface area contributed by atoms with Crippen molar-refractivity contribution in [2.75, 3.05) is 13.2 Å². The smallest absolute Gasteiger partial charge is 0.330 e. The summed E-state index contributed by atoms with van der Waals surface area (Å²) in [6, 6.07) is 12.5. The summed E-state index contributed by atoms with van der Waals surface area (Å²) in [7, 11) is 0. The number of amides is 4.